The molecule has 3 N–H and O–H groups in total. The monoisotopic (exact) mass is 337 g/mol. The minimum atomic E-state index is -0.417. The highest BCUT2D eigenvalue weighted by molar-refractivity contribution is 9.10. The van der Waals surface area contributed by atoms with Crippen molar-refractivity contribution >= 4 is 45.1 Å². The van der Waals surface area contributed by atoms with E-state index < -0.39 is 6.03 Å². The minimum absolute atomic E-state index is 0.146. The van der Waals surface area contributed by atoms with Crippen LogP contribution in [-0.2, 0) is 4.79 Å². The summed E-state index contributed by atoms with van der Waals surface area (Å²) in [5.74, 6) is 0.191. The van der Waals surface area contributed by atoms with Gasteiger partial charge in [-0.05, 0) is 46.3 Å². The highest BCUT2D eigenvalue weighted by Crippen LogP contribution is 2.19. The number of carbonyl (C=O) groups excluding carboxylic acids is 2. The zero-order chi connectivity index (χ0) is 14.5. The van der Waals surface area contributed by atoms with Gasteiger partial charge in [-0.25, -0.2) is 4.79 Å². The van der Waals surface area contributed by atoms with E-state index in [0.717, 1.165) is 0 Å². The molecule has 0 bridgehead atoms. The first-order valence-corrected chi connectivity index (χ1v) is 6.53. The lowest BCUT2D eigenvalue weighted by atomic mass is 10.3. The summed E-state index contributed by atoms with van der Waals surface area (Å²) in [7, 11) is 0. The van der Waals surface area contributed by atoms with Crippen molar-refractivity contribution in [3.8, 4) is 0 Å². The molecule has 0 unspecified atom stereocenters. The molecule has 0 aliphatic carbocycles. The van der Waals surface area contributed by atoms with E-state index in [-0.39, 0.29) is 5.91 Å². The van der Waals surface area contributed by atoms with Crippen molar-refractivity contribution in [1.82, 2.24) is 0 Å². The van der Waals surface area contributed by atoms with Crippen molar-refractivity contribution in [3.63, 3.8) is 0 Å². The summed E-state index contributed by atoms with van der Waals surface area (Å²) >= 11 is 3.14. The lowest BCUT2D eigenvalue weighted by Crippen LogP contribution is -2.19. The van der Waals surface area contributed by atoms with Gasteiger partial charge in [-0.1, -0.05) is 0 Å². The van der Waals surface area contributed by atoms with E-state index >= 15 is 0 Å². The molecule has 1 aromatic carbocycles. The fourth-order valence-corrected chi connectivity index (χ4v) is 1.80. The molecule has 0 atom stereocenters. The van der Waals surface area contributed by atoms with Gasteiger partial charge < -0.3 is 15.1 Å². The molecule has 6 nitrogen and oxygen atoms in total. The van der Waals surface area contributed by atoms with Gasteiger partial charge in [-0.2, -0.15) is 0 Å². The zero-order valence-electron chi connectivity index (χ0n) is 10.6. The Labute approximate surface area is 123 Å². The van der Waals surface area contributed by atoms with Crippen molar-refractivity contribution in [3.05, 3.63) is 41.1 Å². The number of carbonyl (C=O) groups is 2. The third-order valence-electron chi connectivity index (χ3n) is 2.27. The van der Waals surface area contributed by atoms with Crippen LogP contribution < -0.4 is 16.0 Å². The number of furan rings is 1. The van der Waals surface area contributed by atoms with Crippen LogP contribution in [0.1, 0.15) is 6.92 Å². The molecule has 3 amide bonds. The van der Waals surface area contributed by atoms with Crippen LogP contribution in [0.3, 0.4) is 0 Å². The Hall–Kier alpha value is -2.28. The largest absolute Gasteiger partial charge is 0.434 e. The number of halogens is 1. The van der Waals surface area contributed by atoms with Crippen molar-refractivity contribution in [2.45, 2.75) is 6.92 Å². The molecule has 104 valence electrons. The van der Waals surface area contributed by atoms with E-state index in [2.05, 4.69) is 31.9 Å². The highest BCUT2D eigenvalue weighted by atomic mass is 79.9. The molecule has 0 saturated carbocycles. The lowest BCUT2D eigenvalue weighted by Gasteiger charge is -2.07. The molecule has 20 heavy (non-hydrogen) atoms. The van der Waals surface area contributed by atoms with Gasteiger partial charge in [0.15, 0.2) is 4.67 Å². The second-order valence-corrected chi connectivity index (χ2v) is 4.72. The molecule has 2 aromatic rings. The number of hydrogen-bond acceptors (Lipinski definition) is 3. The molecule has 0 aliphatic heterocycles. The topological polar surface area (TPSA) is 83.4 Å². The van der Waals surface area contributed by atoms with E-state index in [1.54, 1.807) is 36.4 Å². The first-order chi connectivity index (χ1) is 9.52. The minimum Gasteiger partial charge on any atom is -0.434 e. The maximum atomic E-state index is 11.7. The summed E-state index contributed by atoms with van der Waals surface area (Å²) in [6, 6.07) is 9.65. The molecule has 7 heteroatoms. The number of hydrogen-bond donors (Lipinski definition) is 3. The number of rotatable bonds is 3. The maximum Gasteiger partial charge on any atom is 0.326 e. The van der Waals surface area contributed by atoms with Crippen LogP contribution >= 0.6 is 15.9 Å². The number of urea groups is 1. The summed E-state index contributed by atoms with van der Waals surface area (Å²) in [4.78, 5) is 22.6. The van der Waals surface area contributed by atoms with Crippen LogP contribution in [-0.4, -0.2) is 11.9 Å². The fraction of sp³-hybridized carbons (Fsp3) is 0.0769. The average Bonchev–Trinajstić information content (AvgIpc) is 2.76. The Morgan fingerprint density at radius 2 is 1.55 bits per heavy atom. The number of amides is 3. The predicted octanol–water partition coefficient (Wildman–Crippen LogP) is 3.64. The van der Waals surface area contributed by atoms with Crippen molar-refractivity contribution in [2.24, 2.45) is 0 Å². The summed E-state index contributed by atoms with van der Waals surface area (Å²) in [6.45, 7) is 1.43. The molecule has 0 radical (unpaired) electrons. The third kappa shape index (κ3) is 4.13. The Kier molecular flexibility index (Phi) is 4.41. The average molecular weight is 338 g/mol. The van der Waals surface area contributed by atoms with Gasteiger partial charge in [0.1, 0.15) is 0 Å². The van der Waals surface area contributed by atoms with Crippen molar-refractivity contribution in [1.29, 1.82) is 0 Å². The zero-order valence-corrected chi connectivity index (χ0v) is 12.2. The molecule has 0 aliphatic rings. The number of anilines is 3. The first-order valence-electron chi connectivity index (χ1n) is 5.74. The van der Waals surface area contributed by atoms with E-state index in [4.69, 9.17) is 4.42 Å². The van der Waals surface area contributed by atoms with Gasteiger partial charge in [0.05, 0.1) is 0 Å². The molecule has 1 aromatic heterocycles. The normalized spacial score (nSPS) is 9.90. The first kappa shape index (κ1) is 14.1. The molecule has 0 spiro atoms. The molecular formula is C13H12BrN3O3. The standard InChI is InChI=1S/C13H12BrN3O3/c1-8(18)15-9-2-4-10(5-3-9)16-13(19)17-12-7-6-11(14)20-12/h2-7H,1H3,(H,15,18)(H2,16,17,19). The van der Waals surface area contributed by atoms with Crippen molar-refractivity contribution in [2.75, 3.05) is 16.0 Å². The van der Waals surface area contributed by atoms with Gasteiger partial charge >= 0.3 is 6.03 Å². The van der Waals surface area contributed by atoms with E-state index in [0.29, 0.717) is 21.9 Å². The second kappa shape index (κ2) is 6.25. The summed E-state index contributed by atoms with van der Waals surface area (Å²) in [5.41, 5.74) is 1.26. The van der Waals surface area contributed by atoms with Crippen molar-refractivity contribution < 1.29 is 14.0 Å². The van der Waals surface area contributed by atoms with Crippen LogP contribution in [0.15, 0.2) is 45.5 Å². The van der Waals surface area contributed by atoms with E-state index in [1.807, 2.05) is 0 Å². The third-order valence-corrected chi connectivity index (χ3v) is 2.70. The van der Waals surface area contributed by atoms with Gasteiger partial charge in [-0.3, -0.25) is 10.1 Å². The van der Waals surface area contributed by atoms with E-state index in [9.17, 15) is 9.59 Å². The Bertz CT molecular complexity index is 622. The smallest absolute Gasteiger partial charge is 0.326 e. The highest BCUT2D eigenvalue weighted by Gasteiger charge is 2.05. The van der Waals surface area contributed by atoms with Crippen LogP contribution in [0.4, 0.5) is 22.1 Å². The predicted molar refractivity (Wildman–Crippen MR) is 79.8 cm³/mol. The summed E-state index contributed by atoms with van der Waals surface area (Å²) in [6.07, 6.45) is 0. The van der Waals surface area contributed by atoms with Crippen LogP contribution in [0.2, 0.25) is 0 Å². The molecule has 2 rings (SSSR count). The van der Waals surface area contributed by atoms with Gasteiger partial charge in [0.2, 0.25) is 11.8 Å². The quantitative estimate of drug-likeness (QED) is 0.799. The van der Waals surface area contributed by atoms with Crippen LogP contribution in [0, 0.1) is 0 Å². The molecule has 0 saturated heterocycles. The Morgan fingerprint density at radius 3 is 2.05 bits per heavy atom. The SMILES string of the molecule is CC(=O)Nc1ccc(NC(=O)Nc2ccc(Br)o2)cc1. The van der Waals surface area contributed by atoms with E-state index in [1.165, 1.54) is 6.92 Å². The van der Waals surface area contributed by atoms with Gasteiger partial charge in [0, 0.05) is 24.4 Å². The fourth-order valence-electron chi connectivity index (χ4n) is 1.50. The lowest BCUT2D eigenvalue weighted by molar-refractivity contribution is -0.114. The number of nitrogens with one attached hydrogen (secondary N) is 3. The van der Waals surface area contributed by atoms with Gasteiger partial charge in [0.25, 0.3) is 0 Å². The molecular weight excluding hydrogens is 326 g/mol. The Morgan fingerprint density at radius 1 is 0.950 bits per heavy atom. The van der Waals surface area contributed by atoms with Crippen LogP contribution in [0.5, 0.6) is 0 Å². The number of benzene rings is 1. The summed E-state index contributed by atoms with van der Waals surface area (Å²) < 4.78 is 5.69. The summed E-state index contributed by atoms with van der Waals surface area (Å²) in [5, 5.41) is 7.82. The van der Waals surface area contributed by atoms with Gasteiger partial charge in [-0.15, -0.1) is 0 Å². The second-order valence-electron chi connectivity index (χ2n) is 3.94. The Balaban J connectivity index is 1.92. The van der Waals surface area contributed by atoms with Crippen LogP contribution in [0.25, 0.3) is 0 Å². The molecule has 0 fully saturated rings. The maximum absolute atomic E-state index is 11.7. The molecule has 1 heterocycles.